The van der Waals surface area contributed by atoms with Gasteiger partial charge in [-0.1, -0.05) is 11.6 Å². The molecule has 19 heavy (non-hydrogen) atoms. The number of nitrogens with one attached hydrogen (secondary N) is 1. The SMILES string of the molecule is CN(CC1CNCCO1)c1nc2ccc(Cl)cn2n1. The van der Waals surface area contributed by atoms with Crippen LogP contribution >= 0.6 is 11.6 Å². The lowest BCUT2D eigenvalue weighted by Gasteiger charge is -2.27. The number of aromatic nitrogens is 3. The van der Waals surface area contributed by atoms with Crippen molar-refractivity contribution >= 4 is 23.2 Å². The zero-order chi connectivity index (χ0) is 13.2. The Morgan fingerprint density at radius 3 is 3.26 bits per heavy atom. The molecule has 0 bridgehead atoms. The molecule has 1 atom stereocenters. The summed E-state index contributed by atoms with van der Waals surface area (Å²) in [5, 5.41) is 8.37. The second-order valence-electron chi connectivity index (χ2n) is 4.64. The van der Waals surface area contributed by atoms with Crippen molar-refractivity contribution in [1.82, 2.24) is 19.9 Å². The summed E-state index contributed by atoms with van der Waals surface area (Å²) in [5.74, 6) is 0.677. The first-order valence-corrected chi connectivity index (χ1v) is 6.65. The third kappa shape index (κ3) is 2.80. The van der Waals surface area contributed by atoms with Crippen LogP contribution < -0.4 is 10.2 Å². The molecule has 0 aromatic carbocycles. The number of ether oxygens (including phenoxy) is 1. The van der Waals surface area contributed by atoms with Crippen molar-refractivity contribution in [1.29, 1.82) is 0 Å². The van der Waals surface area contributed by atoms with E-state index in [2.05, 4.69) is 15.4 Å². The summed E-state index contributed by atoms with van der Waals surface area (Å²) in [6, 6.07) is 3.66. The second-order valence-corrected chi connectivity index (χ2v) is 5.08. The Balaban J connectivity index is 1.75. The van der Waals surface area contributed by atoms with Crippen LogP contribution in [-0.2, 0) is 4.74 Å². The molecule has 1 saturated heterocycles. The first-order valence-electron chi connectivity index (χ1n) is 6.28. The molecular weight excluding hydrogens is 266 g/mol. The minimum Gasteiger partial charge on any atom is -0.374 e. The highest BCUT2D eigenvalue weighted by atomic mass is 35.5. The van der Waals surface area contributed by atoms with Gasteiger partial charge in [-0.05, 0) is 12.1 Å². The maximum atomic E-state index is 5.93. The van der Waals surface area contributed by atoms with Crippen molar-refractivity contribution in [3.63, 3.8) is 0 Å². The molecular formula is C12H16ClN5O. The van der Waals surface area contributed by atoms with Gasteiger partial charge in [-0.2, -0.15) is 4.98 Å². The summed E-state index contributed by atoms with van der Waals surface area (Å²) < 4.78 is 7.36. The summed E-state index contributed by atoms with van der Waals surface area (Å²) in [4.78, 5) is 6.46. The number of fused-ring (bicyclic) bond motifs is 1. The zero-order valence-electron chi connectivity index (χ0n) is 10.7. The second kappa shape index (κ2) is 5.32. The lowest BCUT2D eigenvalue weighted by molar-refractivity contribution is 0.0338. The molecule has 0 radical (unpaired) electrons. The van der Waals surface area contributed by atoms with E-state index in [0.717, 1.165) is 31.9 Å². The van der Waals surface area contributed by atoms with Crippen LogP contribution in [0.25, 0.3) is 5.65 Å². The number of halogens is 1. The monoisotopic (exact) mass is 281 g/mol. The summed E-state index contributed by atoms with van der Waals surface area (Å²) in [7, 11) is 1.97. The number of nitrogens with zero attached hydrogens (tertiary/aromatic N) is 4. The number of morpholine rings is 1. The first kappa shape index (κ1) is 12.7. The van der Waals surface area contributed by atoms with Gasteiger partial charge < -0.3 is 15.0 Å². The molecule has 1 aliphatic rings. The molecule has 0 saturated carbocycles. The molecule has 6 nitrogen and oxygen atoms in total. The summed E-state index contributed by atoms with van der Waals surface area (Å²) in [6.45, 7) is 3.30. The van der Waals surface area contributed by atoms with Gasteiger partial charge in [-0.15, -0.1) is 5.10 Å². The van der Waals surface area contributed by atoms with Crippen molar-refractivity contribution in [2.24, 2.45) is 0 Å². The normalized spacial score (nSPS) is 19.8. The first-order chi connectivity index (χ1) is 9.22. The largest absolute Gasteiger partial charge is 0.374 e. The van der Waals surface area contributed by atoms with E-state index in [1.807, 2.05) is 24.1 Å². The molecule has 1 N–H and O–H groups in total. The van der Waals surface area contributed by atoms with E-state index >= 15 is 0 Å². The molecule has 2 aromatic rings. The maximum Gasteiger partial charge on any atom is 0.245 e. The molecule has 0 aliphatic carbocycles. The highest BCUT2D eigenvalue weighted by Crippen LogP contribution is 2.14. The summed E-state index contributed by atoms with van der Waals surface area (Å²) >= 11 is 5.93. The van der Waals surface area contributed by atoms with Crippen LogP contribution in [0.2, 0.25) is 5.02 Å². The van der Waals surface area contributed by atoms with E-state index in [1.165, 1.54) is 0 Å². The smallest absolute Gasteiger partial charge is 0.245 e. The Hall–Kier alpha value is -1.37. The molecule has 1 fully saturated rings. The average Bonchev–Trinajstić information content (AvgIpc) is 2.83. The number of hydrogen-bond donors (Lipinski definition) is 1. The molecule has 2 aromatic heterocycles. The lowest BCUT2D eigenvalue weighted by atomic mass is 10.3. The van der Waals surface area contributed by atoms with Gasteiger partial charge in [0.05, 0.1) is 17.7 Å². The van der Waals surface area contributed by atoms with Crippen molar-refractivity contribution in [2.75, 3.05) is 38.2 Å². The van der Waals surface area contributed by atoms with Crippen LogP contribution in [0, 0.1) is 0 Å². The third-order valence-corrected chi connectivity index (χ3v) is 3.33. The Labute approximate surface area is 116 Å². The van der Waals surface area contributed by atoms with Crippen LogP contribution in [0.1, 0.15) is 0 Å². The van der Waals surface area contributed by atoms with Crippen LogP contribution in [0.5, 0.6) is 0 Å². The fraction of sp³-hybridized carbons (Fsp3) is 0.500. The van der Waals surface area contributed by atoms with Crippen LogP contribution in [0.3, 0.4) is 0 Å². The van der Waals surface area contributed by atoms with E-state index in [9.17, 15) is 0 Å². The molecule has 1 aliphatic heterocycles. The zero-order valence-corrected chi connectivity index (χ0v) is 11.5. The Morgan fingerprint density at radius 1 is 1.58 bits per heavy atom. The maximum absolute atomic E-state index is 5.93. The van der Waals surface area contributed by atoms with Gasteiger partial charge in [-0.3, -0.25) is 0 Å². The van der Waals surface area contributed by atoms with Gasteiger partial charge in [0.25, 0.3) is 0 Å². The molecule has 0 amide bonds. The van der Waals surface area contributed by atoms with Crippen molar-refractivity contribution in [2.45, 2.75) is 6.10 Å². The number of anilines is 1. The van der Waals surface area contributed by atoms with E-state index in [-0.39, 0.29) is 6.10 Å². The molecule has 1 unspecified atom stereocenters. The van der Waals surface area contributed by atoms with Crippen LogP contribution in [0.4, 0.5) is 5.95 Å². The molecule has 3 rings (SSSR count). The standard InChI is InChI=1S/C12H16ClN5O/c1-17(8-10-6-14-4-5-19-10)12-15-11-3-2-9(13)7-18(11)16-12/h2-3,7,10,14H,4-6,8H2,1H3. The quantitative estimate of drug-likeness (QED) is 0.902. The van der Waals surface area contributed by atoms with Gasteiger partial charge >= 0.3 is 0 Å². The lowest BCUT2D eigenvalue weighted by Crippen LogP contribution is -2.44. The number of likely N-dealkylation sites (N-methyl/N-ethyl adjacent to an activating group) is 1. The minimum atomic E-state index is 0.175. The van der Waals surface area contributed by atoms with Gasteiger partial charge in [0.1, 0.15) is 0 Å². The van der Waals surface area contributed by atoms with Crippen LogP contribution in [-0.4, -0.2) is 54.0 Å². The van der Waals surface area contributed by atoms with E-state index < -0.39 is 0 Å². The predicted octanol–water partition coefficient (Wildman–Crippen LogP) is 0.807. The minimum absolute atomic E-state index is 0.175. The average molecular weight is 282 g/mol. The molecule has 102 valence electrons. The highest BCUT2D eigenvalue weighted by Gasteiger charge is 2.18. The summed E-state index contributed by atoms with van der Waals surface area (Å²) in [5.41, 5.74) is 0.786. The van der Waals surface area contributed by atoms with Crippen LogP contribution in [0.15, 0.2) is 18.3 Å². The van der Waals surface area contributed by atoms with Gasteiger partial charge in [-0.25, -0.2) is 4.52 Å². The third-order valence-electron chi connectivity index (χ3n) is 3.11. The predicted molar refractivity (Wildman–Crippen MR) is 73.9 cm³/mol. The number of pyridine rings is 1. The molecule has 0 spiro atoms. The fourth-order valence-electron chi connectivity index (χ4n) is 2.13. The Morgan fingerprint density at radius 2 is 2.47 bits per heavy atom. The summed E-state index contributed by atoms with van der Waals surface area (Å²) in [6.07, 6.45) is 1.92. The number of rotatable bonds is 3. The van der Waals surface area contributed by atoms with Gasteiger partial charge in [0.15, 0.2) is 5.65 Å². The van der Waals surface area contributed by atoms with Crippen molar-refractivity contribution in [3.8, 4) is 0 Å². The van der Waals surface area contributed by atoms with Crippen molar-refractivity contribution in [3.05, 3.63) is 23.4 Å². The fourth-order valence-corrected chi connectivity index (χ4v) is 2.29. The van der Waals surface area contributed by atoms with E-state index in [1.54, 1.807) is 10.7 Å². The number of hydrogen-bond acceptors (Lipinski definition) is 5. The van der Waals surface area contributed by atoms with Gasteiger partial charge in [0, 0.05) is 32.9 Å². The molecule has 7 heteroatoms. The Kier molecular flexibility index (Phi) is 3.54. The van der Waals surface area contributed by atoms with E-state index in [4.69, 9.17) is 16.3 Å². The molecule has 3 heterocycles. The topological polar surface area (TPSA) is 54.7 Å². The van der Waals surface area contributed by atoms with E-state index in [0.29, 0.717) is 11.0 Å². The van der Waals surface area contributed by atoms with Crippen molar-refractivity contribution < 1.29 is 4.74 Å². The Bertz CT molecular complexity index is 566. The highest BCUT2D eigenvalue weighted by molar-refractivity contribution is 6.30. The van der Waals surface area contributed by atoms with Gasteiger partial charge in [0.2, 0.25) is 5.95 Å².